The normalized spacial score (nSPS) is 18.5. The SMILES string of the molecule is Cc1c(NC(=O)/C=C/c2ccc([C@H]3C[C@H]3C)o2)c(=O)n(-c2ccccc2)n1C. The Labute approximate surface area is 163 Å². The number of benzene rings is 1. The van der Waals surface area contributed by atoms with Crippen LogP contribution in [0.5, 0.6) is 0 Å². The molecule has 1 aliphatic rings. The first-order valence-corrected chi connectivity index (χ1v) is 9.38. The zero-order valence-corrected chi connectivity index (χ0v) is 16.2. The number of aromatic nitrogens is 2. The van der Waals surface area contributed by atoms with E-state index in [4.69, 9.17) is 4.42 Å². The summed E-state index contributed by atoms with van der Waals surface area (Å²) in [4.78, 5) is 25.2. The van der Waals surface area contributed by atoms with Crippen molar-refractivity contribution in [2.75, 3.05) is 5.32 Å². The van der Waals surface area contributed by atoms with E-state index < -0.39 is 0 Å². The van der Waals surface area contributed by atoms with Gasteiger partial charge in [0.25, 0.3) is 5.56 Å². The molecule has 1 N–H and O–H groups in total. The molecule has 0 radical (unpaired) electrons. The number of carbonyl (C=O) groups excluding carboxylic acids is 1. The summed E-state index contributed by atoms with van der Waals surface area (Å²) in [6.45, 7) is 4.00. The van der Waals surface area contributed by atoms with E-state index in [1.165, 1.54) is 10.8 Å². The summed E-state index contributed by atoms with van der Waals surface area (Å²) in [5.74, 6) is 2.40. The van der Waals surface area contributed by atoms with Crippen LogP contribution >= 0.6 is 0 Å². The fourth-order valence-corrected chi connectivity index (χ4v) is 3.41. The van der Waals surface area contributed by atoms with Crippen LogP contribution in [0, 0.1) is 12.8 Å². The Balaban J connectivity index is 1.52. The maximum absolute atomic E-state index is 12.8. The molecule has 2 aromatic heterocycles. The fourth-order valence-electron chi connectivity index (χ4n) is 3.41. The second kappa shape index (κ2) is 7.03. The largest absolute Gasteiger partial charge is 0.461 e. The third-order valence-corrected chi connectivity index (χ3v) is 5.32. The van der Waals surface area contributed by atoms with Crippen LogP contribution in [0.25, 0.3) is 11.8 Å². The van der Waals surface area contributed by atoms with E-state index in [1.54, 1.807) is 24.7 Å². The van der Waals surface area contributed by atoms with Crippen molar-refractivity contribution in [1.82, 2.24) is 9.36 Å². The van der Waals surface area contributed by atoms with Crippen LogP contribution in [-0.4, -0.2) is 15.3 Å². The van der Waals surface area contributed by atoms with E-state index in [1.807, 2.05) is 42.5 Å². The number of furan rings is 1. The van der Waals surface area contributed by atoms with E-state index in [0.717, 1.165) is 17.9 Å². The molecule has 2 atom stereocenters. The zero-order valence-electron chi connectivity index (χ0n) is 16.2. The highest BCUT2D eigenvalue weighted by atomic mass is 16.3. The number of nitrogens with zero attached hydrogens (tertiary/aromatic N) is 2. The minimum atomic E-state index is -0.372. The molecule has 1 fully saturated rings. The lowest BCUT2D eigenvalue weighted by atomic mass is 10.3. The van der Waals surface area contributed by atoms with Crippen molar-refractivity contribution >= 4 is 17.7 Å². The maximum Gasteiger partial charge on any atom is 0.295 e. The van der Waals surface area contributed by atoms with Crippen molar-refractivity contribution in [3.05, 3.63) is 76.1 Å². The quantitative estimate of drug-likeness (QED) is 0.687. The molecule has 0 aliphatic heterocycles. The van der Waals surface area contributed by atoms with E-state index in [9.17, 15) is 9.59 Å². The smallest absolute Gasteiger partial charge is 0.295 e. The Bertz CT molecular complexity index is 1100. The van der Waals surface area contributed by atoms with Crippen molar-refractivity contribution in [3.8, 4) is 5.69 Å². The van der Waals surface area contributed by atoms with E-state index in [0.29, 0.717) is 23.3 Å². The minimum Gasteiger partial charge on any atom is -0.461 e. The Morgan fingerprint density at radius 1 is 1.21 bits per heavy atom. The average Bonchev–Trinajstić information content (AvgIpc) is 3.16. The van der Waals surface area contributed by atoms with Crippen molar-refractivity contribution < 1.29 is 9.21 Å². The summed E-state index contributed by atoms with van der Waals surface area (Å²) in [5.41, 5.74) is 1.43. The third-order valence-electron chi connectivity index (χ3n) is 5.32. The van der Waals surface area contributed by atoms with Gasteiger partial charge in [-0.15, -0.1) is 0 Å². The number of para-hydroxylation sites is 1. The van der Waals surface area contributed by atoms with Gasteiger partial charge >= 0.3 is 0 Å². The monoisotopic (exact) mass is 377 g/mol. The van der Waals surface area contributed by atoms with Gasteiger partial charge in [0.05, 0.1) is 11.4 Å². The van der Waals surface area contributed by atoms with Crippen LogP contribution in [0.1, 0.15) is 36.5 Å². The first kappa shape index (κ1) is 18.1. The molecule has 1 saturated carbocycles. The summed E-state index contributed by atoms with van der Waals surface area (Å²) in [6.07, 6.45) is 4.16. The molecule has 6 nitrogen and oxygen atoms in total. The highest BCUT2D eigenvalue weighted by Crippen LogP contribution is 2.47. The molecule has 6 heteroatoms. The molecule has 2 heterocycles. The van der Waals surface area contributed by atoms with Crippen LogP contribution in [0.15, 0.2) is 57.8 Å². The van der Waals surface area contributed by atoms with Gasteiger partial charge in [-0.2, -0.15) is 0 Å². The molecule has 1 aromatic carbocycles. The van der Waals surface area contributed by atoms with Gasteiger partial charge in [-0.05, 0) is 49.6 Å². The number of carbonyl (C=O) groups is 1. The van der Waals surface area contributed by atoms with Gasteiger partial charge < -0.3 is 9.73 Å². The summed E-state index contributed by atoms with van der Waals surface area (Å²) < 4.78 is 9.03. The Kier molecular flexibility index (Phi) is 4.55. The molecular formula is C22H23N3O3. The lowest BCUT2D eigenvalue weighted by Gasteiger charge is -2.07. The summed E-state index contributed by atoms with van der Waals surface area (Å²) in [6, 6.07) is 13.1. The van der Waals surface area contributed by atoms with Crippen molar-refractivity contribution in [1.29, 1.82) is 0 Å². The highest BCUT2D eigenvalue weighted by Gasteiger charge is 2.36. The Hall–Kier alpha value is -3.28. The molecule has 28 heavy (non-hydrogen) atoms. The van der Waals surface area contributed by atoms with Crippen LogP contribution in [0.2, 0.25) is 0 Å². The number of hydrogen-bond donors (Lipinski definition) is 1. The third kappa shape index (κ3) is 3.33. The number of amides is 1. The van der Waals surface area contributed by atoms with Crippen LogP contribution in [0.4, 0.5) is 5.69 Å². The standard InChI is InChI=1S/C22H23N3O3/c1-14-13-18(14)19-11-9-17(28-19)10-12-20(26)23-21-15(2)24(3)25(22(21)27)16-7-5-4-6-8-16/h4-12,14,18H,13H2,1-3H3,(H,23,26)/b12-10+/t14-,18+/m1/s1. The van der Waals surface area contributed by atoms with Crippen molar-refractivity contribution in [3.63, 3.8) is 0 Å². The van der Waals surface area contributed by atoms with Gasteiger partial charge in [0.2, 0.25) is 5.91 Å². The second-order valence-electron chi connectivity index (χ2n) is 7.32. The Morgan fingerprint density at radius 3 is 2.61 bits per heavy atom. The van der Waals surface area contributed by atoms with Gasteiger partial charge in [0.1, 0.15) is 17.2 Å². The second-order valence-corrected chi connectivity index (χ2v) is 7.32. The lowest BCUT2D eigenvalue weighted by molar-refractivity contribution is -0.111. The fraction of sp³-hybridized carbons (Fsp3) is 0.273. The van der Waals surface area contributed by atoms with Crippen LogP contribution < -0.4 is 10.9 Å². The van der Waals surface area contributed by atoms with E-state index in [-0.39, 0.29) is 17.2 Å². The molecule has 0 saturated heterocycles. The molecule has 3 aromatic rings. The van der Waals surface area contributed by atoms with Gasteiger partial charge in [-0.1, -0.05) is 25.1 Å². The molecule has 0 spiro atoms. The van der Waals surface area contributed by atoms with Gasteiger partial charge in [-0.3, -0.25) is 14.3 Å². The molecule has 1 amide bonds. The van der Waals surface area contributed by atoms with Gasteiger partial charge in [0.15, 0.2) is 0 Å². The zero-order chi connectivity index (χ0) is 19.8. The van der Waals surface area contributed by atoms with E-state index >= 15 is 0 Å². The molecule has 144 valence electrons. The minimum absolute atomic E-state index is 0.268. The van der Waals surface area contributed by atoms with Gasteiger partial charge in [-0.25, -0.2) is 4.68 Å². The van der Waals surface area contributed by atoms with Gasteiger partial charge in [0, 0.05) is 19.0 Å². The predicted molar refractivity (Wildman–Crippen MR) is 109 cm³/mol. The van der Waals surface area contributed by atoms with Crippen LogP contribution in [0.3, 0.4) is 0 Å². The molecule has 1 aliphatic carbocycles. The molecule has 0 unspecified atom stereocenters. The highest BCUT2D eigenvalue weighted by molar-refractivity contribution is 6.02. The summed E-state index contributed by atoms with van der Waals surface area (Å²) >= 11 is 0. The summed E-state index contributed by atoms with van der Waals surface area (Å²) in [5, 5.41) is 2.71. The van der Waals surface area contributed by atoms with E-state index in [2.05, 4.69) is 12.2 Å². The number of nitrogens with one attached hydrogen (secondary N) is 1. The maximum atomic E-state index is 12.8. The molecular weight excluding hydrogens is 354 g/mol. The number of rotatable bonds is 5. The first-order valence-electron chi connectivity index (χ1n) is 9.38. The molecule has 0 bridgehead atoms. The van der Waals surface area contributed by atoms with Crippen molar-refractivity contribution in [2.24, 2.45) is 13.0 Å². The average molecular weight is 377 g/mol. The Morgan fingerprint density at radius 2 is 1.93 bits per heavy atom. The van der Waals surface area contributed by atoms with Crippen molar-refractivity contribution in [2.45, 2.75) is 26.2 Å². The predicted octanol–water partition coefficient (Wildman–Crippen LogP) is 3.85. The number of anilines is 1. The topological polar surface area (TPSA) is 69.2 Å². The lowest BCUT2D eigenvalue weighted by Crippen LogP contribution is -2.22. The first-order chi connectivity index (χ1) is 13.5. The van der Waals surface area contributed by atoms with Crippen LogP contribution in [-0.2, 0) is 11.8 Å². The molecule has 4 rings (SSSR count). The summed E-state index contributed by atoms with van der Waals surface area (Å²) in [7, 11) is 1.79. The number of hydrogen-bond acceptors (Lipinski definition) is 3.